The van der Waals surface area contributed by atoms with E-state index in [1.165, 1.54) is 18.4 Å². The maximum absolute atomic E-state index is 12.9. The largest absolute Gasteiger partial charge is 0.338 e. The topological polar surface area (TPSA) is 76.7 Å². The SMILES string of the molecule is CN(CCC1CC(C)(C)CC(C)(CNC(=O)N(C)CCCNC(=O)NCc2ccccc2)C1)Cc1ccccc1. The van der Waals surface area contributed by atoms with Crippen molar-refractivity contribution in [3.05, 3.63) is 71.8 Å². The van der Waals surface area contributed by atoms with Gasteiger partial charge in [-0.15, -0.1) is 0 Å². The lowest BCUT2D eigenvalue weighted by Crippen LogP contribution is -2.47. The highest BCUT2D eigenvalue weighted by Crippen LogP contribution is 2.49. The first-order chi connectivity index (χ1) is 19.0. The minimum atomic E-state index is -0.190. The van der Waals surface area contributed by atoms with Crippen LogP contribution in [-0.2, 0) is 13.1 Å². The number of nitrogens with one attached hydrogen (secondary N) is 3. The first-order valence-corrected chi connectivity index (χ1v) is 14.8. The van der Waals surface area contributed by atoms with Crippen LogP contribution in [0.1, 0.15) is 64.0 Å². The summed E-state index contributed by atoms with van der Waals surface area (Å²) in [7, 11) is 4.03. The smallest absolute Gasteiger partial charge is 0.317 e. The van der Waals surface area contributed by atoms with Crippen molar-refractivity contribution in [3.63, 3.8) is 0 Å². The highest BCUT2D eigenvalue weighted by atomic mass is 16.2. The number of nitrogens with zero attached hydrogens (tertiary/aromatic N) is 2. The third kappa shape index (κ3) is 11.2. The van der Waals surface area contributed by atoms with E-state index in [0.29, 0.717) is 38.5 Å². The van der Waals surface area contributed by atoms with Crippen molar-refractivity contribution >= 4 is 12.1 Å². The summed E-state index contributed by atoms with van der Waals surface area (Å²) in [6.07, 6.45) is 5.37. The van der Waals surface area contributed by atoms with Crippen LogP contribution in [0.5, 0.6) is 0 Å². The van der Waals surface area contributed by atoms with Gasteiger partial charge in [0, 0.05) is 39.8 Å². The molecule has 1 saturated carbocycles. The second-order valence-electron chi connectivity index (χ2n) is 13.0. The molecule has 0 saturated heterocycles. The Balaban J connectivity index is 1.35. The van der Waals surface area contributed by atoms with Gasteiger partial charge in [0.25, 0.3) is 0 Å². The number of rotatable bonds is 13. The molecule has 2 unspecified atom stereocenters. The molecule has 0 bridgehead atoms. The van der Waals surface area contributed by atoms with Gasteiger partial charge in [-0.1, -0.05) is 81.4 Å². The second kappa shape index (κ2) is 15.1. The second-order valence-corrected chi connectivity index (χ2v) is 13.0. The molecule has 0 heterocycles. The average molecular weight is 550 g/mol. The zero-order chi connectivity index (χ0) is 29.0. The van der Waals surface area contributed by atoms with Gasteiger partial charge in [0.1, 0.15) is 0 Å². The normalized spacial score (nSPS) is 20.1. The molecule has 2 aromatic carbocycles. The van der Waals surface area contributed by atoms with E-state index in [1.807, 2.05) is 37.4 Å². The van der Waals surface area contributed by atoms with Gasteiger partial charge in [-0.2, -0.15) is 0 Å². The molecule has 3 rings (SSSR count). The van der Waals surface area contributed by atoms with E-state index in [4.69, 9.17) is 0 Å². The van der Waals surface area contributed by atoms with E-state index in [0.717, 1.165) is 31.5 Å². The van der Waals surface area contributed by atoms with Crippen LogP contribution >= 0.6 is 0 Å². The van der Waals surface area contributed by atoms with Crippen molar-refractivity contribution in [2.24, 2.45) is 16.7 Å². The summed E-state index contributed by atoms with van der Waals surface area (Å²) < 4.78 is 0. The van der Waals surface area contributed by atoms with Crippen molar-refractivity contribution < 1.29 is 9.59 Å². The minimum Gasteiger partial charge on any atom is -0.338 e. The van der Waals surface area contributed by atoms with E-state index >= 15 is 0 Å². The highest BCUT2D eigenvalue weighted by molar-refractivity contribution is 5.74. The van der Waals surface area contributed by atoms with Crippen molar-refractivity contribution in [2.75, 3.05) is 40.3 Å². The molecule has 2 aromatic rings. The molecule has 4 amide bonds. The van der Waals surface area contributed by atoms with E-state index < -0.39 is 0 Å². The predicted octanol–water partition coefficient (Wildman–Crippen LogP) is 5.87. The summed E-state index contributed by atoms with van der Waals surface area (Å²) in [5.74, 6) is 0.653. The molecule has 1 aliphatic rings. The summed E-state index contributed by atoms with van der Waals surface area (Å²) >= 11 is 0. The van der Waals surface area contributed by atoms with Crippen LogP contribution in [0.2, 0.25) is 0 Å². The van der Waals surface area contributed by atoms with E-state index in [9.17, 15) is 9.59 Å². The molecule has 0 spiro atoms. The number of carbonyl (C=O) groups is 2. The fourth-order valence-corrected chi connectivity index (χ4v) is 6.45. The first kappa shape index (κ1) is 31.5. The summed E-state index contributed by atoms with van der Waals surface area (Å²) in [6.45, 7) is 11.4. The van der Waals surface area contributed by atoms with Gasteiger partial charge in [-0.25, -0.2) is 9.59 Å². The zero-order valence-corrected chi connectivity index (χ0v) is 25.3. The van der Waals surface area contributed by atoms with Gasteiger partial charge in [0.15, 0.2) is 0 Å². The Morgan fingerprint density at radius 1 is 0.850 bits per heavy atom. The molecule has 3 N–H and O–H groups in total. The number of hydrogen-bond acceptors (Lipinski definition) is 3. The average Bonchev–Trinajstić information content (AvgIpc) is 2.92. The van der Waals surface area contributed by atoms with Crippen LogP contribution in [0.3, 0.4) is 0 Å². The number of carbonyl (C=O) groups excluding carboxylic acids is 2. The number of hydrogen-bond donors (Lipinski definition) is 3. The summed E-state index contributed by atoms with van der Waals surface area (Å²) in [5, 5.41) is 8.95. The molecule has 220 valence electrons. The molecule has 7 nitrogen and oxygen atoms in total. The van der Waals surface area contributed by atoms with Gasteiger partial charge in [-0.3, -0.25) is 0 Å². The van der Waals surface area contributed by atoms with E-state index in [1.54, 1.807) is 4.90 Å². The van der Waals surface area contributed by atoms with Gasteiger partial charge < -0.3 is 25.8 Å². The highest BCUT2D eigenvalue weighted by Gasteiger charge is 2.41. The zero-order valence-electron chi connectivity index (χ0n) is 25.3. The predicted molar refractivity (Wildman–Crippen MR) is 164 cm³/mol. The number of amides is 4. The fourth-order valence-electron chi connectivity index (χ4n) is 6.45. The molecule has 7 heteroatoms. The molecule has 0 radical (unpaired) electrons. The van der Waals surface area contributed by atoms with Crippen LogP contribution in [0, 0.1) is 16.7 Å². The molecule has 1 fully saturated rings. The minimum absolute atomic E-state index is 0.0442. The Morgan fingerprint density at radius 3 is 2.17 bits per heavy atom. The Morgan fingerprint density at radius 2 is 1.50 bits per heavy atom. The van der Waals surface area contributed by atoms with Crippen LogP contribution in [0.4, 0.5) is 9.59 Å². The first-order valence-electron chi connectivity index (χ1n) is 14.8. The maximum atomic E-state index is 12.9. The lowest BCUT2D eigenvalue weighted by molar-refractivity contribution is 0.0472. The standard InChI is InChI=1S/C33H51N5O2/c1-32(2)21-29(17-20-37(4)24-28-15-10-7-11-16-28)22-33(3,25-32)26-36-31(40)38(5)19-12-18-34-30(39)35-23-27-13-8-6-9-14-27/h6-11,13-16,29H,12,17-26H2,1-5H3,(H,36,40)(H2,34,35,39). The molecule has 2 atom stereocenters. The Bertz CT molecular complexity index is 1050. The number of benzene rings is 2. The molecular weight excluding hydrogens is 498 g/mol. The lowest BCUT2D eigenvalue weighted by Gasteiger charge is -2.47. The molecule has 0 aromatic heterocycles. The Hall–Kier alpha value is -3.06. The molecular formula is C33H51N5O2. The summed E-state index contributed by atoms with van der Waals surface area (Å²) in [4.78, 5) is 29.0. The van der Waals surface area contributed by atoms with Gasteiger partial charge >= 0.3 is 12.1 Å². The fraction of sp³-hybridized carbons (Fsp3) is 0.576. The van der Waals surface area contributed by atoms with Crippen molar-refractivity contribution in [3.8, 4) is 0 Å². The van der Waals surface area contributed by atoms with Crippen LogP contribution < -0.4 is 16.0 Å². The van der Waals surface area contributed by atoms with Gasteiger partial charge in [-0.05, 0) is 73.6 Å². The van der Waals surface area contributed by atoms with Crippen molar-refractivity contribution in [1.82, 2.24) is 25.8 Å². The van der Waals surface area contributed by atoms with Crippen molar-refractivity contribution in [2.45, 2.75) is 66.0 Å². The van der Waals surface area contributed by atoms with Gasteiger partial charge in [0.2, 0.25) is 0 Å². The van der Waals surface area contributed by atoms with Gasteiger partial charge in [0.05, 0.1) is 0 Å². The Kier molecular flexibility index (Phi) is 11.9. The van der Waals surface area contributed by atoms with E-state index in [-0.39, 0.29) is 22.9 Å². The third-order valence-corrected chi connectivity index (χ3v) is 8.01. The maximum Gasteiger partial charge on any atom is 0.317 e. The monoisotopic (exact) mass is 549 g/mol. The third-order valence-electron chi connectivity index (χ3n) is 8.01. The lowest BCUT2D eigenvalue weighted by atomic mass is 9.60. The quantitative estimate of drug-likeness (QED) is 0.274. The summed E-state index contributed by atoms with van der Waals surface area (Å²) in [6, 6.07) is 20.3. The molecule has 1 aliphatic carbocycles. The van der Waals surface area contributed by atoms with E-state index in [2.05, 4.69) is 79.0 Å². The molecule has 40 heavy (non-hydrogen) atoms. The van der Waals surface area contributed by atoms with Crippen LogP contribution in [0.25, 0.3) is 0 Å². The summed E-state index contributed by atoms with van der Waals surface area (Å²) in [5.41, 5.74) is 2.76. The van der Waals surface area contributed by atoms with Crippen molar-refractivity contribution in [1.29, 1.82) is 0 Å². The number of urea groups is 2. The van der Waals surface area contributed by atoms with Crippen LogP contribution in [0.15, 0.2) is 60.7 Å². The van der Waals surface area contributed by atoms with Crippen LogP contribution in [-0.4, -0.2) is 62.1 Å². The molecule has 0 aliphatic heterocycles. The Labute approximate surface area is 242 Å².